The van der Waals surface area contributed by atoms with Crippen molar-refractivity contribution in [2.24, 2.45) is 0 Å². The van der Waals surface area contributed by atoms with Crippen molar-refractivity contribution in [3.8, 4) is 0 Å². The molecule has 2 aromatic rings. The van der Waals surface area contributed by atoms with Crippen LogP contribution in [-0.2, 0) is 13.0 Å². The smallest absolute Gasteiger partial charge is 0.289 e. The lowest BCUT2D eigenvalue weighted by molar-refractivity contribution is 0.550. The van der Waals surface area contributed by atoms with Crippen molar-refractivity contribution < 1.29 is 4.39 Å². The Hall–Kier alpha value is -1.49. The number of rotatable bonds is 4. The lowest BCUT2D eigenvalue weighted by atomic mass is 10.2. The molecule has 0 unspecified atom stereocenters. The first-order valence-electron chi connectivity index (χ1n) is 5.56. The van der Waals surface area contributed by atoms with Crippen LogP contribution in [0.25, 0.3) is 0 Å². The standard InChI is InChI=1S/C13H12BrFN2O/c14-7-6-11-12(15)13(18)17(9-16-11)8-10-4-2-1-3-5-10/h1-5,9H,6-8H2. The average molecular weight is 311 g/mol. The SMILES string of the molecule is O=c1c(F)c(CCBr)ncn1Cc1ccccc1. The highest BCUT2D eigenvalue weighted by molar-refractivity contribution is 9.09. The molecule has 1 heterocycles. The zero-order valence-corrected chi connectivity index (χ0v) is 11.2. The summed E-state index contributed by atoms with van der Waals surface area (Å²) in [5, 5.41) is 0.582. The van der Waals surface area contributed by atoms with Crippen LogP contribution in [0.15, 0.2) is 41.5 Å². The van der Waals surface area contributed by atoms with Crippen LogP contribution in [0.1, 0.15) is 11.3 Å². The number of hydrogen-bond donors (Lipinski definition) is 0. The van der Waals surface area contributed by atoms with E-state index in [0.29, 0.717) is 18.3 Å². The molecule has 2 rings (SSSR count). The zero-order chi connectivity index (χ0) is 13.0. The number of alkyl halides is 1. The number of aryl methyl sites for hydroxylation is 1. The Balaban J connectivity index is 2.30. The first-order chi connectivity index (χ1) is 8.72. The number of aromatic nitrogens is 2. The molecule has 0 fully saturated rings. The van der Waals surface area contributed by atoms with Gasteiger partial charge in [-0.3, -0.25) is 9.36 Å². The second-order valence-corrected chi connectivity index (χ2v) is 4.66. The van der Waals surface area contributed by atoms with Crippen molar-refractivity contribution in [2.75, 3.05) is 5.33 Å². The second-order valence-electron chi connectivity index (χ2n) is 3.86. The topological polar surface area (TPSA) is 34.9 Å². The van der Waals surface area contributed by atoms with Gasteiger partial charge >= 0.3 is 0 Å². The summed E-state index contributed by atoms with van der Waals surface area (Å²) in [6.07, 6.45) is 1.81. The molecular weight excluding hydrogens is 299 g/mol. The molecule has 0 aliphatic carbocycles. The van der Waals surface area contributed by atoms with Gasteiger partial charge in [0.2, 0.25) is 5.82 Å². The van der Waals surface area contributed by atoms with Gasteiger partial charge in [-0.2, -0.15) is 4.39 Å². The Morgan fingerprint density at radius 1 is 1.28 bits per heavy atom. The molecule has 0 atom stereocenters. The van der Waals surface area contributed by atoms with Gasteiger partial charge in [0, 0.05) is 11.8 Å². The quantitative estimate of drug-likeness (QED) is 0.813. The van der Waals surface area contributed by atoms with Crippen LogP contribution in [0.3, 0.4) is 0 Å². The first kappa shape index (κ1) is 13.0. The van der Waals surface area contributed by atoms with E-state index in [2.05, 4.69) is 20.9 Å². The number of benzene rings is 1. The summed E-state index contributed by atoms with van der Waals surface area (Å²) >= 11 is 3.20. The van der Waals surface area contributed by atoms with E-state index >= 15 is 0 Å². The third-order valence-electron chi connectivity index (χ3n) is 2.58. The summed E-state index contributed by atoms with van der Waals surface area (Å²) in [7, 11) is 0. The molecule has 0 aliphatic heterocycles. The molecule has 1 aromatic heterocycles. The number of halogens is 2. The van der Waals surface area contributed by atoms with Crippen molar-refractivity contribution in [3.63, 3.8) is 0 Å². The fraction of sp³-hybridized carbons (Fsp3) is 0.231. The van der Waals surface area contributed by atoms with Crippen LogP contribution in [0.2, 0.25) is 0 Å². The molecule has 0 aliphatic rings. The van der Waals surface area contributed by atoms with Crippen molar-refractivity contribution in [2.45, 2.75) is 13.0 Å². The predicted molar refractivity (Wildman–Crippen MR) is 71.5 cm³/mol. The van der Waals surface area contributed by atoms with E-state index in [-0.39, 0.29) is 5.69 Å². The minimum absolute atomic E-state index is 0.209. The Morgan fingerprint density at radius 3 is 2.67 bits per heavy atom. The highest BCUT2D eigenvalue weighted by Crippen LogP contribution is 2.04. The van der Waals surface area contributed by atoms with Crippen LogP contribution in [-0.4, -0.2) is 14.9 Å². The third-order valence-corrected chi connectivity index (χ3v) is 2.98. The summed E-state index contributed by atoms with van der Waals surface area (Å²) in [5.74, 6) is -0.757. The van der Waals surface area contributed by atoms with Gasteiger partial charge in [0.15, 0.2) is 0 Å². The molecule has 3 nitrogen and oxygen atoms in total. The highest BCUT2D eigenvalue weighted by Gasteiger charge is 2.10. The predicted octanol–water partition coefficient (Wildman–Crippen LogP) is 2.37. The van der Waals surface area contributed by atoms with Crippen molar-refractivity contribution in [3.05, 3.63) is 64.1 Å². The minimum atomic E-state index is -0.757. The van der Waals surface area contributed by atoms with Gasteiger partial charge in [-0.15, -0.1) is 0 Å². The normalized spacial score (nSPS) is 10.6. The minimum Gasteiger partial charge on any atom is -0.292 e. The molecule has 0 saturated heterocycles. The van der Waals surface area contributed by atoms with Gasteiger partial charge in [0.05, 0.1) is 18.6 Å². The highest BCUT2D eigenvalue weighted by atomic mass is 79.9. The van der Waals surface area contributed by atoms with E-state index in [1.807, 2.05) is 30.3 Å². The van der Waals surface area contributed by atoms with Gasteiger partial charge in [0.25, 0.3) is 5.56 Å². The monoisotopic (exact) mass is 310 g/mol. The summed E-state index contributed by atoms with van der Waals surface area (Å²) in [4.78, 5) is 15.8. The Bertz CT molecular complexity index is 583. The Morgan fingerprint density at radius 2 is 2.00 bits per heavy atom. The summed E-state index contributed by atoms with van der Waals surface area (Å²) in [5.41, 5.74) is 0.528. The van der Waals surface area contributed by atoms with Crippen molar-refractivity contribution in [1.29, 1.82) is 0 Å². The van der Waals surface area contributed by atoms with E-state index in [1.165, 1.54) is 10.9 Å². The van der Waals surface area contributed by atoms with Crippen LogP contribution in [0.4, 0.5) is 4.39 Å². The number of hydrogen-bond acceptors (Lipinski definition) is 2. The van der Waals surface area contributed by atoms with Gasteiger partial charge in [0.1, 0.15) is 0 Å². The van der Waals surface area contributed by atoms with E-state index in [1.54, 1.807) is 0 Å². The van der Waals surface area contributed by atoms with Crippen LogP contribution >= 0.6 is 15.9 Å². The average Bonchev–Trinajstić information content (AvgIpc) is 2.40. The van der Waals surface area contributed by atoms with E-state index in [4.69, 9.17) is 0 Å². The molecule has 0 radical (unpaired) electrons. The maximum absolute atomic E-state index is 13.7. The van der Waals surface area contributed by atoms with Crippen molar-refractivity contribution >= 4 is 15.9 Å². The Labute approximate surface area is 112 Å². The van der Waals surface area contributed by atoms with Crippen molar-refractivity contribution in [1.82, 2.24) is 9.55 Å². The Kier molecular flexibility index (Phi) is 4.25. The fourth-order valence-corrected chi connectivity index (χ4v) is 2.03. The van der Waals surface area contributed by atoms with Gasteiger partial charge in [-0.1, -0.05) is 46.3 Å². The summed E-state index contributed by atoms with van der Waals surface area (Å²) < 4.78 is 15.0. The molecule has 0 N–H and O–H groups in total. The molecule has 94 valence electrons. The second kappa shape index (κ2) is 5.91. The number of nitrogens with zero attached hydrogens (tertiary/aromatic N) is 2. The molecule has 1 aromatic carbocycles. The van der Waals surface area contributed by atoms with Gasteiger partial charge in [-0.05, 0) is 5.56 Å². The van der Waals surface area contributed by atoms with Crippen LogP contribution < -0.4 is 5.56 Å². The maximum atomic E-state index is 13.7. The molecular formula is C13H12BrFN2O. The molecule has 5 heteroatoms. The zero-order valence-electron chi connectivity index (χ0n) is 9.64. The van der Waals surface area contributed by atoms with E-state index in [9.17, 15) is 9.18 Å². The lowest BCUT2D eigenvalue weighted by Gasteiger charge is -2.07. The van der Waals surface area contributed by atoms with Gasteiger partial charge < -0.3 is 0 Å². The van der Waals surface area contributed by atoms with E-state index in [0.717, 1.165) is 5.56 Å². The lowest BCUT2D eigenvalue weighted by Crippen LogP contribution is -2.26. The third kappa shape index (κ3) is 2.85. The van der Waals surface area contributed by atoms with Crippen LogP contribution in [0, 0.1) is 5.82 Å². The molecule has 18 heavy (non-hydrogen) atoms. The largest absolute Gasteiger partial charge is 0.292 e. The molecule has 0 spiro atoms. The van der Waals surface area contributed by atoms with Gasteiger partial charge in [-0.25, -0.2) is 4.98 Å². The molecule has 0 bridgehead atoms. The molecule has 0 amide bonds. The maximum Gasteiger partial charge on any atom is 0.289 e. The summed E-state index contributed by atoms with van der Waals surface area (Å²) in [6.45, 7) is 0.332. The van der Waals surface area contributed by atoms with Crippen LogP contribution in [0.5, 0.6) is 0 Å². The fourth-order valence-electron chi connectivity index (χ4n) is 1.65. The molecule has 0 saturated carbocycles. The first-order valence-corrected chi connectivity index (χ1v) is 6.68. The summed E-state index contributed by atoms with van der Waals surface area (Å²) in [6, 6.07) is 9.42. The van der Waals surface area contributed by atoms with E-state index < -0.39 is 11.4 Å².